The van der Waals surface area contributed by atoms with Crippen molar-refractivity contribution in [2.75, 3.05) is 5.32 Å². The second kappa shape index (κ2) is 6.25. The second-order valence-corrected chi connectivity index (χ2v) is 5.74. The van der Waals surface area contributed by atoms with Gasteiger partial charge >= 0.3 is 0 Å². The molecule has 0 bridgehead atoms. The Kier molecular flexibility index (Phi) is 4.18. The van der Waals surface area contributed by atoms with Crippen LogP contribution in [0, 0.1) is 5.82 Å². The lowest BCUT2D eigenvalue weighted by Crippen LogP contribution is -2.12. The Balaban J connectivity index is 1.78. The van der Waals surface area contributed by atoms with Crippen LogP contribution in [0.5, 0.6) is 0 Å². The van der Waals surface area contributed by atoms with E-state index in [1.807, 2.05) is 0 Å². The van der Waals surface area contributed by atoms with Gasteiger partial charge in [0.2, 0.25) is 0 Å². The fourth-order valence-corrected chi connectivity index (χ4v) is 2.83. The van der Waals surface area contributed by atoms with Gasteiger partial charge in [0, 0.05) is 10.9 Å². The van der Waals surface area contributed by atoms with Crippen LogP contribution < -0.4 is 5.32 Å². The molecular formula is C16H10ClFN2OS. The van der Waals surface area contributed by atoms with Gasteiger partial charge in [-0.25, -0.2) is 9.37 Å². The molecule has 3 rings (SSSR count). The molecule has 0 unspecified atom stereocenters. The number of thiazole rings is 1. The van der Waals surface area contributed by atoms with Crippen LogP contribution in [0.3, 0.4) is 0 Å². The summed E-state index contributed by atoms with van der Waals surface area (Å²) in [7, 11) is 0. The van der Waals surface area contributed by atoms with Gasteiger partial charge in [-0.3, -0.25) is 10.1 Å². The van der Waals surface area contributed by atoms with Crippen LogP contribution >= 0.6 is 22.9 Å². The normalized spacial score (nSPS) is 10.5. The van der Waals surface area contributed by atoms with E-state index in [0.29, 0.717) is 21.4 Å². The number of carbonyl (C=O) groups is 1. The van der Waals surface area contributed by atoms with E-state index < -0.39 is 0 Å². The molecule has 0 saturated carbocycles. The molecular weight excluding hydrogens is 323 g/mol. The van der Waals surface area contributed by atoms with Crippen molar-refractivity contribution in [3.8, 4) is 11.3 Å². The molecule has 3 nitrogen and oxygen atoms in total. The molecule has 1 aromatic heterocycles. The topological polar surface area (TPSA) is 42.0 Å². The van der Waals surface area contributed by atoms with Gasteiger partial charge in [-0.2, -0.15) is 0 Å². The molecule has 0 aliphatic rings. The molecule has 0 fully saturated rings. The second-order valence-electron chi connectivity index (χ2n) is 4.48. The van der Waals surface area contributed by atoms with Crippen molar-refractivity contribution < 1.29 is 9.18 Å². The zero-order valence-electron chi connectivity index (χ0n) is 11.2. The van der Waals surface area contributed by atoms with Crippen molar-refractivity contribution in [3.05, 3.63) is 70.3 Å². The summed E-state index contributed by atoms with van der Waals surface area (Å²) in [6, 6.07) is 12.8. The third-order valence-electron chi connectivity index (χ3n) is 2.98. The van der Waals surface area contributed by atoms with Crippen LogP contribution in [0.15, 0.2) is 53.9 Å². The maximum atomic E-state index is 12.9. The summed E-state index contributed by atoms with van der Waals surface area (Å²) < 4.78 is 12.9. The lowest BCUT2D eigenvalue weighted by molar-refractivity contribution is 0.102. The molecule has 0 radical (unpaired) electrons. The largest absolute Gasteiger partial charge is 0.298 e. The van der Waals surface area contributed by atoms with Gasteiger partial charge in [0.1, 0.15) is 5.82 Å². The predicted molar refractivity (Wildman–Crippen MR) is 86.9 cm³/mol. The highest BCUT2D eigenvalue weighted by atomic mass is 35.5. The minimum atomic E-state index is -0.314. The van der Waals surface area contributed by atoms with E-state index in [1.165, 1.54) is 23.5 Å². The maximum absolute atomic E-state index is 12.9. The number of amides is 1. The van der Waals surface area contributed by atoms with Crippen LogP contribution in [-0.4, -0.2) is 10.9 Å². The van der Waals surface area contributed by atoms with Crippen LogP contribution in [0.4, 0.5) is 9.52 Å². The summed E-state index contributed by atoms with van der Waals surface area (Å²) in [6.45, 7) is 0. The van der Waals surface area contributed by atoms with Crippen LogP contribution in [0.2, 0.25) is 5.02 Å². The van der Waals surface area contributed by atoms with Gasteiger partial charge in [-0.15, -0.1) is 11.3 Å². The number of halogens is 2. The monoisotopic (exact) mass is 332 g/mol. The summed E-state index contributed by atoms with van der Waals surface area (Å²) >= 11 is 7.29. The Bertz CT molecular complexity index is 817. The van der Waals surface area contributed by atoms with E-state index in [4.69, 9.17) is 11.6 Å². The number of anilines is 1. The maximum Gasteiger partial charge on any atom is 0.258 e. The first-order chi connectivity index (χ1) is 10.6. The van der Waals surface area contributed by atoms with Crippen molar-refractivity contribution >= 4 is 34.0 Å². The Morgan fingerprint density at radius 2 is 1.86 bits per heavy atom. The lowest BCUT2D eigenvalue weighted by atomic mass is 10.2. The highest BCUT2D eigenvalue weighted by molar-refractivity contribution is 7.14. The highest BCUT2D eigenvalue weighted by Crippen LogP contribution is 2.26. The van der Waals surface area contributed by atoms with Gasteiger partial charge in [0.05, 0.1) is 16.3 Å². The Morgan fingerprint density at radius 3 is 2.59 bits per heavy atom. The Labute approximate surface area is 135 Å². The smallest absolute Gasteiger partial charge is 0.258 e. The van der Waals surface area contributed by atoms with Gasteiger partial charge in [-0.1, -0.05) is 23.7 Å². The zero-order chi connectivity index (χ0) is 15.5. The molecule has 0 spiro atoms. The molecule has 0 saturated heterocycles. The standard InChI is InChI=1S/C16H10ClFN2OS/c17-13-4-2-1-3-12(13)15(21)20-16-19-14(9-22-16)10-5-7-11(18)8-6-10/h1-9H,(H,19,20,21). The highest BCUT2D eigenvalue weighted by Gasteiger charge is 2.12. The van der Waals surface area contributed by atoms with Crippen LogP contribution in [-0.2, 0) is 0 Å². The first kappa shape index (κ1) is 14.7. The quantitative estimate of drug-likeness (QED) is 0.744. The van der Waals surface area contributed by atoms with Gasteiger partial charge in [-0.05, 0) is 36.4 Å². The lowest BCUT2D eigenvalue weighted by Gasteiger charge is -2.03. The van der Waals surface area contributed by atoms with Crippen molar-refractivity contribution in [3.63, 3.8) is 0 Å². The fraction of sp³-hybridized carbons (Fsp3) is 0. The molecule has 110 valence electrons. The van der Waals surface area contributed by atoms with Gasteiger partial charge < -0.3 is 0 Å². The van der Waals surface area contributed by atoms with E-state index >= 15 is 0 Å². The van der Waals surface area contributed by atoms with E-state index in [0.717, 1.165) is 5.56 Å². The number of carbonyl (C=O) groups excluding carboxylic acids is 1. The average molecular weight is 333 g/mol. The summed E-state index contributed by atoms with van der Waals surface area (Å²) in [5.41, 5.74) is 1.86. The minimum absolute atomic E-state index is 0.300. The molecule has 22 heavy (non-hydrogen) atoms. The van der Waals surface area contributed by atoms with E-state index in [2.05, 4.69) is 10.3 Å². The van der Waals surface area contributed by atoms with Crippen molar-refractivity contribution in [1.29, 1.82) is 0 Å². The molecule has 6 heteroatoms. The van der Waals surface area contributed by atoms with Gasteiger partial charge in [0.25, 0.3) is 5.91 Å². The third kappa shape index (κ3) is 3.16. The van der Waals surface area contributed by atoms with Crippen molar-refractivity contribution in [2.24, 2.45) is 0 Å². The summed E-state index contributed by atoms with van der Waals surface area (Å²) in [4.78, 5) is 16.5. The average Bonchev–Trinajstić information content (AvgIpc) is 2.97. The van der Waals surface area contributed by atoms with Gasteiger partial charge in [0.15, 0.2) is 5.13 Å². The predicted octanol–water partition coefficient (Wildman–Crippen LogP) is 4.85. The van der Waals surface area contributed by atoms with Crippen LogP contribution in [0.25, 0.3) is 11.3 Å². The molecule has 2 aromatic carbocycles. The van der Waals surface area contributed by atoms with E-state index in [-0.39, 0.29) is 11.7 Å². The Morgan fingerprint density at radius 1 is 1.14 bits per heavy atom. The number of hydrogen-bond donors (Lipinski definition) is 1. The summed E-state index contributed by atoms with van der Waals surface area (Å²) in [6.07, 6.45) is 0. The zero-order valence-corrected chi connectivity index (χ0v) is 12.8. The SMILES string of the molecule is O=C(Nc1nc(-c2ccc(F)cc2)cs1)c1ccccc1Cl. The van der Waals surface area contributed by atoms with E-state index in [1.54, 1.807) is 41.8 Å². The molecule has 1 heterocycles. The van der Waals surface area contributed by atoms with Crippen molar-refractivity contribution in [2.45, 2.75) is 0 Å². The third-order valence-corrected chi connectivity index (χ3v) is 4.07. The molecule has 0 atom stereocenters. The molecule has 0 aliphatic carbocycles. The first-order valence-electron chi connectivity index (χ1n) is 6.41. The molecule has 3 aromatic rings. The number of nitrogens with one attached hydrogen (secondary N) is 1. The van der Waals surface area contributed by atoms with Crippen molar-refractivity contribution in [1.82, 2.24) is 4.98 Å². The molecule has 1 N–H and O–H groups in total. The van der Waals surface area contributed by atoms with E-state index in [9.17, 15) is 9.18 Å². The number of aromatic nitrogens is 1. The number of hydrogen-bond acceptors (Lipinski definition) is 3. The molecule has 0 aliphatic heterocycles. The Hall–Kier alpha value is -2.24. The number of rotatable bonds is 3. The van der Waals surface area contributed by atoms with Crippen LogP contribution in [0.1, 0.15) is 10.4 Å². The minimum Gasteiger partial charge on any atom is -0.298 e. The fourth-order valence-electron chi connectivity index (χ4n) is 1.89. The molecule has 1 amide bonds. The number of benzene rings is 2. The number of nitrogens with zero attached hydrogens (tertiary/aromatic N) is 1. The first-order valence-corrected chi connectivity index (χ1v) is 7.66. The summed E-state index contributed by atoms with van der Waals surface area (Å²) in [5, 5.41) is 5.36. The summed E-state index contributed by atoms with van der Waals surface area (Å²) in [5.74, 6) is -0.614.